The van der Waals surface area contributed by atoms with Gasteiger partial charge < -0.3 is 19.5 Å². The number of aryl methyl sites for hydroxylation is 2. The van der Waals surface area contributed by atoms with E-state index in [4.69, 9.17) is 21.9 Å². The van der Waals surface area contributed by atoms with Crippen LogP contribution in [0.1, 0.15) is 40.3 Å². The molecule has 3 aromatic carbocycles. The first-order chi connectivity index (χ1) is 19.4. The maximum atomic E-state index is 6.09. The fourth-order valence-electron chi connectivity index (χ4n) is 5.47. The van der Waals surface area contributed by atoms with E-state index in [1.807, 2.05) is 60.8 Å². The molecule has 5 aromatic rings. The van der Waals surface area contributed by atoms with Crippen molar-refractivity contribution in [3.8, 4) is 17.2 Å². The molecule has 0 aliphatic carbocycles. The zero-order valence-corrected chi connectivity index (χ0v) is 24.9. The molecule has 5 nitrogen and oxygen atoms in total. The van der Waals surface area contributed by atoms with E-state index in [9.17, 15) is 0 Å². The van der Waals surface area contributed by atoms with E-state index in [-0.39, 0.29) is 12.1 Å². The van der Waals surface area contributed by atoms with Gasteiger partial charge in [-0.2, -0.15) is 0 Å². The molecule has 7 heteroatoms. The van der Waals surface area contributed by atoms with Gasteiger partial charge in [0.1, 0.15) is 11.5 Å². The van der Waals surface area contributed by atoms with Crippen molar-refractivity contribution in [1.82, 2.24) is 14.9 Å². The van der Waals surface area contributed by atoms with Crippen molar-refractivity contribution in [2.45, 2.75) is 32.9 Å². The largest absolute Gasteiger partial charge is 0.457 e. The summed E-state index contributed by atoms with van der Waals surface area (Å²) in [6.45, 7) is 6.39. The Bertz CT molecular complexity index is 1670. The van der Waals surface area contributed by atoms with Crippen LogP contribution in [0.15, 0.2) is 108 Å². The number of nitrogens with zero attached hydrogens (tertiary/aromatic N) is 3. The Morgan fingerprint density at radius 2 is 1.55 bits per heavy atom. The third-order valence-electron chi connectivity index (χ3n) is 7.32. The van der Waals surface area contributed by atoms with Gasteiger partial charge in [-0.1, -0.05) is 45.8 Å². The van der Waals surface area contributed by atoms with Crippen LogP contribution in [-0.4, -0.2) is 14.7 Å². The van der Waals surface area contributed by atoms with Crippen LogP contribution in [0.4, 0.5) is 5.69 Å². The van der Waals surface area contributed by atoms with Crippen LogP contribution in [0.5, 0.6) is 11.5 Å². The molecule has 1 aliphatic heterocycles. The number of hydrogen-bond donors (Lipinski definition) is 1. The molecule has 2 atom stereocenters. The number of hydrogen-bond acceptors (Lipinski definition) is 3. The normalized spacial score (nSPS) is 16.7. The zero-order chi connectivity index (χ0) is 27.8. The number of rotatable bonds is 6. The molecule has 6 rings (SSSR count). The minimum absolute atomic E-state index is 0.0987. The number of nitrogens with one attached hydrogen (secondary N) is 1. The highest BCUT2D eigenvalue weighted by Gasteiger charge is 2.42. The molecule has 0 radical (unpaired) electrons. The Morgan fingerprint density at radius 1 is 0.825 bits per heavy atom. The molecule has 40 heavy (non-hydrogen) atoms. The van der Waals surface area contributed by atoms with Crippen LogP contribution >= 0.6 is 28.1 Å². The van der Waals surface area contributed by atoms with Crippen molar-refractivity contribution in [3.05, 3.63) is 136 Å². The maximum absolute atomic E-state index is 6.09. The third-order valence-corrected chi connectivity index (χ3v) is 8.13. The Balaban J connectivity index is 1.41. The van der Waals surface area contributed by atoms with E-state index in [0.29, 0.717) is 5.11 Å². The van der Waals surface area contributed by atoms with Crippen LogP contribution in [-0.2, 0) is 0 Å². The second kappa shape index (κ2) is 10.9. The van der Waals surface area contributed by atoms with Crippen molar-refractivity contribution in [2.24, 2.45) is 0 Å². The summed E-state index contributed by atoms with van der Waals surface area (Å²) < 4.78 is 9.44. The van der Waals surface area contributed by atoms with E-state index in [1.54, 1.807) is 0 Å². The van der Waals surface area contributed by atoms with Crippen LogP contribution in [0.2, 0.25) is 0 Å². The van der Waals surface area contributed by atoms with Crippen molar-refractivity contribution < 1.29 is 4.74 Å². The molecule has 0 spiro atoms. The lowest BCUT2D eigenvalue weighted by Gasteiger charge is -2.28. The molecule has 0 bridgehead atoms. The molecule has 2 aromatic heterocycles. The summed E-state index contributed by atoms with van der Waals surface area (Å²) in [6, 6.07) is 32.6. The molecule has 1 N–H and O–H groups in total. The molecule has 1 aliphatic rings. The topological polar surface area (TPSA) is 42.3 Å². The lowest BCUT2D eigenvalue weighted by Crippen LogP contribution is -2.29. The SMILES string of the molecule is Cc1ccc(Oc2ccc(N3C(=S)N[C@H](c4ccccn4)[C@H]3c3cc(C)n(-c4cccc(Br)c4)c3C)cc2)cc1. The number of anilines is 1. The number of aromatic nitrogens is 2. The Hall–Kier alpha value is -3.94. The van der Waals surface area contributed by atoms with Crippen LogP contribution in [0, 0.1) is 20.8 Å². The number of benzene rings is 3. The first-order valence-electron chi connectivity index (χ1n) is 13.2. The molecule has 1 saturated heterocycles. The summed E-state index contributed by atoms with van der Waals surface area (Å²) in [5, 5.41) is 4.25. The van der Waals surface area contributed by atoms with Gasteiger partial charge >= 0.3 is 0 Å². The van der Waals surface area contributed by atoms with Crippen LogP contribution in [0.25, 0.3) is 5.69 Å². The molecule has 3 heterocycles. The summed E-state index contributed by atoms with van der Waals surface area (Å²) in [4.78, 5) is 6.92. The zero-order valence-electron chi connectivity index (χ0n) is 22.5. The van der Waals surface area contributed by atoms with E-state index < -0.39 is 0 Å². The quantitative estimate of drug-likeness (QED) is 0.196. The van der Waals surface area contributed by atoms with Gasteiger partial charge in [-0.25, -0.2) is 0 Å². The number of ether oxygens (including phenoxy) is 1. The average molecular weight is 610 g/mol. The van der Waals surface area contributed by atoms with E-state index >= 15 is 0 Å². The monoisotopic (exact) mass is 608 g/mol. The van der Waals surface area contributed by atoms with Gasteiger partial charge in [0.25, 0.3) is 0 Å². The minimum atomic E-state index is -0.117. The first-order valence-corrected chi connectivity index (χ1v) is 14.4. The predicted octanol–water partition coefficient (Wildman–Crippen LogP) is 8.53. The third kappa shape index (κ3) is 5.03. The standard InChI is InChI=1S/C33H29BrN4OS/c1-21-10-14-27(15-11-21)39-28-16-12-25(13-17-28)38-32(31(36-33(38)40)30-9-4-5-18-35-30)29-19-22(2)37(23(29)3)26-8-6-7-24(34)20-26/h4-20,31-32H,1-3H3,(H,36,40)/t31-,32-/m1/s1. The Kier molecular flexibility index (Phi) is 7.17. The van der Waals surface area contributed by atoms with Crippen molar-refractivity contribution in [3.63, 3.8) is 0 Å². The van der Waals surface area contributed by atoms with Crippen molar-refractivity contribution in [2.75, 3.05) is 4.90 Å². The molecular formula is C33H29BrN4OS. The predicted molar refractivity (Wildman–Crippen MR) is 169 cm³/mol. The molecule has 1 fully saturated rings. The highest BCUT2D eigenvalue weighted by atomic mass is 79.9. The van der Waals surface area contributed by atoms with Gasteiger partial charge in [0, 0.05) is 33.4 Å². The van der Waals surface area contributed by atoms with Crippen LogP contribution in [0.3, 0.4) is 0 Å². The van der Waals surface area contributed by atoms with Gasteiger partial charge in [-0.3, -0.25) is 4.98 Å². The number of halogens is 1. The summed E-state index contributed by atoms with van der Waals surface area (Å²) in [5.41, 5.74) is 7.77. The van der Waals surface area contributed by atoms with E-state index in [1.165, 1.54) is 11.1 Å². The van der Waals surface area contributed by atoms with E-state index in [0.717, 1.165) is 44.4 Å². The summed E-state index contributed by atoms with van der Waals surface area (Å²) in [7, 11) is 0. The van der Waals surface area contributed by atoms with Gasteiger partial charge in [0.2, 0.25) is 0 Å². The summed E-state index contributed by atoms with van der Waals surface area (Å²) in [6.07, 6.45) is 1.84. The van der Waals surface area contributed by atoms with Gasteiger partial charge in [0.05, 0.1) is 17.8 Å². The highest BCUT2D eigenvalue weighted by molar-refractivity contribution is 9.10. The van der Waals surface area contributed by atoms with Crippen molar-refractivity contribution >= 4 is 38.9 Å². The molecule has 0 unspecified atom stereocenters. The number of pyridine rings is 1. The smallest absolute Gasteiger partial charge is 0.174 e. The Morgan fingerprint density at radius 3 is 2.23 bits per heavy atom. The van der Waals surface area contributed by atoms with Gasteiger partial charge in [-0.15, -0.1) is 0 Å². The van der Waals surface area contributed by atoms with Crippen LogP contribution < -0.4 is 15.0 Å². The fourth-order valence-corrected chi connectivity index (χ4v) is 6.20. The minimum Gasteiger partial charge on any atom is -0.457 e. The van der Waals surface area contributed by atoms with E-state index in [2.05, 4.69) is 93.9 Å². The fraction of sp³-hybridized carbons (Fsp3) is 0.152. The second-order valence-corrected chi connectivity index (χ2v) is 11.3. The molecule has 0 amide bonds. The molecular weight excluding hydrogens is 580 g/mol. The summed E-state index contributed by atoms with van der Waals surface area (Å²) in [5.74, 6) is 1.58. The maximum Gasteiger partial charge on any atom is 0.174 e. The second-order valence-electron chi connectivity index (χ2n) is 10.0. The number of thiocarbonyl (C=S) groups is 1. The molecule has 0 saturated carbocycles. The average Bonchev–Trinajstić information content (AvgIpc) is 3.45. The summed E-state index contributed by atoms with van der Waals surface area (Å²) >= 11 is 9.60. The lowest BCUT2D eigenvalue weighted by molar-refractivity contribution is 0.482. The van der Waals surface area contributed by atoms with Gasteiger partial charge in [-0.05, 0) is 111 Å². The Labute approximate surface area is 248 Å². The highest BCUT2D eigenvalue weighted by Crippen LogP contribution is 2.44. The first kappa shape index (κ1) is 26.3. The molecule has 200 valence electrons. The lowest BCUT2D eigenvalue weighted by atomic mass is 9.96. The van der Waals surface area contributed by atoms with Crippen molar-refractivity contribution in [1.29, 1.82) is 0 Å². The van der Waals surface area contributed by atoms with Gasteiger partial charge in [0.15, 0.2) is 5.11 Å².